The molecule has 0 unspecified atom stereocenters. The molecule has 1 amide bonds. The number of carbonyl (C=O) groups excluding carboxylic acids is 1. The van der Waals surface area contributed by atoms with Crippen LogP contribution in [0.5, 0.6) is 0 Å². The molecule has 22 heavy (non-hydrogen) atoms. The molecule has 2 heterocycles. The van der Waals surface area contributed by atoms with Crippen molar-refractivity contribution in [1.29, 1.82) is 0 Å². The number of likely N-dealkylation sites (N-methyl/N-ethyl adjacent to an activating group) is 1. The fourth-order valence-electron chi connectivity index (χ4n) is 2.93. The Hall–Kier alpha value is -1.49. The monoisotopic (exact) mass is 307 g/mol. The minimum absolute atomic E-state index is 0.209. The second-order valence-corrected chi connectivity index (χ2v) is 7.18. The zero-order valence-electron chi connectivity index (χ0n) is 14.4. The number of rotatable bonds is 3. The molecule has 1 aliphatic heterocycles. The van der Waals surface area contributed by atoms with Gasteiger partial charge in [0, 0.05) is 37.6 Å². The minimum atomic E-state index is -0.447. The van der Waals surface area contributed by atoms with Crippen LogP contribution in [-0.4, -0.2) is 52.7 Å². The van der Waals surface area contributed by atoms with Crippen LogP contribution in [0.1, 0.15) is 52.3 Å². The average molecular weight is 307 g/mol. The van der Waals surface area contributed by atoms with Gasteiger partial charge in [-0.25, -0.2) is 4.79 Å². The fourth-order valence-corrected chi connectivity index (χ4v) is 2.93. The lowest BCUT2D eigenvalue weighted by molar-refractivity contribution is 0.0104. The van der Waals surface area contributed by atoms with Crippen molar-refractivity contribution in [2.24, 2.45) is 0 Å². The molecule has 0 radical (unpaired) electrons. The number of carbonyl (C=O) groups is 1. The Labute approximate surface area is 133 Å². The molecule has 0 aliphatic carbocycles. The molecular weight excluding hydrogens is 278 g/mol. The first kappa shape index (κ1) is 16.9. The van der Waals surface area contributed by atoms with Crippen LogP contribution in [0.25, 0.3) is 0 Å². The highest BCUT2D eigenvalue weighted by Crippen LogP contribution is 2.25. The maximum Gasteiger partial charge on any atom is 0.410 e. The number of ether oxygens (including phenoxy) is 1. The van der Waals surface area contributed by atoms with Crippen molar-refractivity contribution in [2.75, 3.05) is 20.1 Å². The molecule has 5 heteroatoms. The van der Waals surface area contributed by atoms with E-state index in [4.69, 9.17) is 4.74 Å². The number of nitrogens with zero attached hydrogens (tertiary/aromatic N) is 2. The molecule has 2 atom stereocenters. The number of piperidine rings is 1. The first-order chi connectivity index (χ1) is 10.3. The summed E-state index contributed by atoms with van der Waals surface area (Å²) in [6.07, 6.45) is 3.86. The van der Waals surface area contributed by atoms with Gasteiger partial charge in [-0.2, -0.15) is 0 Å². The Morgan fingerprint density at radius 1 is 1.50 bits per heavy atom. The summed E-state index contributed by atoms with van der Waals surface area (Å²) in [6.45, 7) is 9.87. The van der Waals surface area contributed by atoms with Gasteiger partial charge in [0.2, 0.25) is 0 Å². The Morgan fingerprint density at radius 3 is 2.82 bits per heavy atom. The summed E-state index contributed by atoms with van der Waals surface area (Å²) in [5, 5.41) is 0. The molecule has 1 fully saturated rings. The Kier molecular flexibility index (Phi) is 5.16. The lowest BCUT2D eigenvalue weighted by atomic mass is 10.0. The first-order valence-electron chi connectivity index (χ1n) is 8.11. The van der Waals surface area contributed by atoms with Crippen molar-refractivity contribution in [2.45, 2.75) is 58.2 Å². The Balaban J connectivity index is 1.96. The minimum Gasteiger partial charge on any atom is -0.444 e. The number of nitrogens with one attached hydrogen (secondary N) is 1. The number of aromatic nitrogens is 1. The van der Waals surface area contributed by atoms with E-state index in [1.807, 2.05) is 40.1 Å². The maximum atomic E-state index is 12.2. The predicted octanol–water partition coefficient (Wildman–Crippen LogP) is 3.41. The highest BCUT2D eigenvalue weighted by Gasteiger charge is 2.31. The van der Waals surface area contributed by atoms with E-state index in [2.05, 4.69) is 22.9 Å². The number of likely N-dealkylation sites (tertiary alicyclic amines) is 1. The van der Waals surface area contributed by atoms with Crippen molar-refractivity contribution >= 4 is 6.09 Å². The third kappa shape index (κ3) is 4.26. The van der Waals surface area contributed by atoms with Gasteiger partial charge in [0.05, 0.1) is 0 Å². The van der Waals surface area contributed by atoms with Gasteiger partial charge < -0.3 is 14.6 Å². The first-order valence-corrected chi connectivity index (χ1v) is 8.11. The molecule has 5 nitrogen and oxygen atoms in total. The van der Waals surface area contributed by atoms with Crippen LogP contribution >= 0.6 is 0 Å². The molecule has 0 bridgehead atoms. The lowest BCUT2D eigenvalue weighted by Gasteiger charge is -2.40. The second-order valence-electron chi connectivity index (χ2n) is 7.18. The van der Waals surface area contributed by atoms with Gasteiger partial charge in [0.1, 0.15) is 5.60 Å². The van der Waals surface area contributed by atoms with Crippen LogP contribution in [0.2, 0.25) is 0 Å². The molecule has 2 rings (SSSR count). The summed E-state index contributed by atoms with van der Waals surface area (Å²) in [4.78, 5) is 19.7. The third-order valence-electron chi connectivity index (χ3n) is 4.28. The predicted molar refractivity (Wildman–Crippen MR) is 87.8 cm³/mol. The largest absolute Gasteiger partial charge is 0.444 e. The molecule has 1 aromatic rings. The van der Waals surface area contributed by atoms with Crippen molar-refractivity contribution in [1.82, 2.24) is 14.8 Å². The van der Waals surface area contributed by atoms with E-state index in [1.165, 1.54) is 5.69 Å². The van der Waals surface area contributed by atoms with Gasteiger partial charge in [0.25, 0.3) is 0 Å². The van der Waals surface area contributed by atoms with Crippen LogP contribution in [0.3, 0.4) is 0 Å². The van der Waals surface area contributed by atoms with Crippen LogP contribution in [-0.2, 0) is 4.74 Å². The Bertz CT molecular complexity index is 479. The summed E-state index contributed by atoms with van der Waals surface area (Å²) >= 11 is 0. The Morgan fingerprint density at radius 2 is 2.23 bits per heavy atom. The van der Waals surface area contributed by atoms with E-state index in [-0.39, 0.29) is 12.1 Å². The SMILES string of the molecule is C[C@@H](c1ccc[nH]1)N1CCC[C@@H](N(C)C(=O)OC(C)(C)C)C1. The van der Waals surface area contributed by atoms with Crippen LogP contribution in [0, 0.1) is 0 Å². The molecule has 124 valence electrons. The number of aromatic amines is 1. The van der Waals surface area contributed by atoms with Gasteiger partial charge in [-0.05, 0) is 59.2 Å². The summed E-state index contributed by atoms with van der Waals surface area (Å²) < 4.78 is 5.48. The summed E-state index contributed by atoms with van der Waals surface area (Å²) in [5.41, 5.74) is 0.776. The van der Waals surface area contributed by atoms with E-state index < -0.39 is 5.60 Å². The third-order valence-corrected chi connectivity index (χ3v) is 4.28. The van der Waals surface area contributed by atoms with E-state index in [0.29, 0.717) is 6.04 Å². The summed E-state index contributed by atoms with van der Waals surface area (Å²) in [7, 11) is 1.85. The highest BCUT2D eigenvalue weighted by molar-refractivity contribution is 5.68. The van der Waals surface area contributed by atoms with Gasteiger partial charge in [0.15, 0.2) is 0 Å². The molecule has 0 spiro atoms. The summed E-state index contributed by atoms with van der Waals surface area (Å²) in [6, 6.07) is 4.69. The number of hydrogen-bond acceptors (Lipinski definition) is 3. The van der Waals surface area contributed by atoms with Crippen LogP contribution in [0.4, 0.5) is 4.79 Å². The van der Waals surface area contributed by atoms with Gasteiger partial charge in [-0.1, -0.05) is 0 Å². The van der Waals surface area contributed by atoms with Gasteiger partial charge in [-0.3, -0.25) is 4.90 Å². The molecule has 1 N–H and O–H groups in total. The zero-order chi connectivity index (χ0) is 16.3. The highest BCUT2D eigenvalue weighted by atomic mass is 16.6. The van der Waals surface area contributed by atoms with Gasteiger partial charge in [-0.15, -0.1) is 0 Å². The maximum absolute atomic E-state index is 12.2. The smallest absolute Gasteiger partial charge is 0.410 e. The normalized spacial score (nSPS) is 21.4. The summed E-state index contributed by atoms with van der Waals surface area (Å²) in [5.74, 6) is 0. The van der Waals surface area contributed by atoms with Crippen molar-refractivity contribution < 1.29 is 9.53 Å². The lowest BCUT2D eigenvalue weighted by Crippen LogP contribution is -2.50. The molecule has 1 aromatic heterocycles. The number of amides is 1. The second kappa shape index (κ2) is 6.73. The average Bonchev–Trinajstić information content (AvgIpc) is 2.98. The molecule has 1 saturated heterocycles. The molecule has 0 aromatic carbocycles. The van der Waals surface area contributed by atoms with Crippen LogP contribution in [0.15, 0.2) is 18.3 Å². The van der Waals surface area contributed by atoms with Gasteiger partial charge >= 0.3 is 6.09 Å². The molecule has 0 saturated carbocycles. The fraction of sp³-hybridized carbons (Fsp3) is 0.706. The molecule has 1 aliphatic rings. The van der Waals surface area contributed by atoms with E-state index in [9.17, 15) is 4.79 Å². The molecular formula is C17H29N3O2. The van der Waals surface area contributed by atoms with Crippen molar-refractivity contribution in [3.8, 4) is 0 Å². The van der Waals surface area contributed by atoms with E-state index in [0.717, 1.165) is 25.9 Å². The van der Waals surface area contributed by atoms with Crippen molar-refractivity contribution in [3.05, 3.63) is 24.0 Å². The number of hydrogen-bond donors (Lipinski definition) is 1. The van der Waals surface area contributed by atoms with Crippen LogP contribution < -0.4 is 0 Å². The van der Waals surface area contributed by atoms with Crippen molar-refractivity contribution in [3.63, 3.8) is 0 Å². The topological polar surface area (TPSA) is 48.6 Å². The van der Waals surface area contributed by atoms with E-state index in [1.54, 1.807) is 4.90 Å². The number of H-pyrrole nitrogens is 1. The zero-order valence-corrected chi connectivity index (χ0v) is 14.4. The standard InChI is InChI=1S/C17H29N3O2/c1-13(15-9-6-10-18-15)20-11-7-8-14(12-20)19(5)16(21)22-17(2,3)4/h6,9-10,13-14,18H,7-8,11-12H2,1-5H3/t13-,14+/m0/s1. The van der Waals surface area contributed by atoms with E-state index >= 15 is 0 Å². The quantitative estimate of drug-likeness (QED) is 0.931.